The lowest BCUT2D eigenvalue weighted by Crippen LogP contribution is -2.40. The maximum absolute atomic E-state index is 6.95. The summed E-state index contributed by atoms with van der Waals surface area (Å²) in [5.41, 5.74) is 12.9. The highest BCUT2D eigenvalue weighted by molar-refractivity contribution is 7.26. The SMILES string of the molecule is NC(NC(NCc1ccccc1-c1cccc2c1sc1ccccc12)c1c2ccccc2cc2c1ccc1ccccc12)c1ccccc1. The molecule has 2 atom stereocenters. The molecule has 1 aromatic heterocycles. The Labute approximate surface area is 289 Å². The van der Waals surface area contributed by atoms with E-state index in [1.165, 1.54) is 74.7 Å². The zero-order valence-electron chi connectivity index (χ0n) is 26.9. The van der Waals surface area contributed by atoms with Crippen LogP contribution in [0.4, 0.5) is 0 Å². The molecule has 0 aliphatic rings. The van der Waals surface area contributed by atoms with E-state index in [0.717, 1.165) is 5.56 Å². The van der Waals surface area contributed by atoms with Gasteiger partial charge in [-0.3, -0.25) is 10.6 Å². The van der Waals surface area contributed by atoms with Gasteiger partial charge in [0.25, 0.3) is 0 Å². The Morgan fingerprint density at radius 2 is 1.18 bits per heavy atom. The van der Waals surface area contributed by atoms with Crippen LogP contribution in [-0.2, 0) is 6.54 Å². The molecule has 0 amide bonds. The number of benzene rings is 8. The molecule has 9 rings (SSSR count). The van der Waals surface area contributed by atoms with Crippen LogP contribution >= 0.6 is 11.3 Å². The first-order chi connectivity index (χ1) is 24.2. The minimum absolute atomic E-state index is 0.252. The average Bonchev–Trinajstić information content (AvgIpc) is 3.55. The van der Waals surface area contributed by atoms with Crippen LogP contribution in [0.15, 0.2) is 164 Å². The monoisotopic (exact) mass is 649 g/mol. The van der Waals surface area contributed by atoms with Crippen molar-refractivity contribution in [1.82, 2.24) is 10.6 Å². The molecule has 49 heavy (non-hydrogen) atoms. The first-order valence-corrected chi connectivity index (χ1v) is 17.7. The molecule has 236 valence electrons. The topological polar surface area (TPSA) is 50.1 Å². The van der Waals surface area contributed by atoms with Crippen LogP contribution in [0.3, 0.4) is 0 Å². The molecular weight excluding hydrogens is 615 g/mol. The second-order valence-corrected chi connectivity index (χ2v) is 13.8. The van der Waals surface area contributed by atoms with E-state index in [4.69, 9.17) is 5.73 Å². The zero-order chi connectivity index (χ0) is 32.7. The standard InChI is InChI=1S/C45H35N3S/c46-44(30-14-2-1-3-15-30)48-45(42-35-20-9-5-16-31(35)27-40-33-18-7-4-13-29(33)25-26-37(40)42)47-28-32-17-6-8-19-34(32)38-22-12-23-39-36-21-10-11-24-41(36)49-43(38)39/h1-27,44-45,47-48H,28,46H2. The molecule has 0 spiro atoms. The minimum atomic E-state index is -0.379. The van der Waals surface area contributed by atoms with Crippen molar-refractivity contribution in [3.8, 4) is 11.1 Å². The van der Waals surface area contributed by atoms with Crippen LogP contribution < -0.4 is 16.4 Å². The van der Waals surface area contributed by atoms with Gasteiger partial charge >= 0.3 is 0 Å². The summed E-state index contributed by atoms with van der Waals surface area (Å²) < 4.78 is 2.64. The summed E-state index contributed by atoms with van der Waals surface area (Å²) in [5.74, 6) is 0. The average molecular weight is 650 g/mol. The fourth-order valence-electron chi connectivity index (χ4n) is 7.45. The maximum Gasteiger partial charge on any atom is 0.0864 e. The van der Waals surface area contributed by atoms with Gasteiger partial charge in [-0.05, 0) is 72.3 Å². The molecule has 0 fully saturated rings. The lowest BCUT2D eigenvalue weighted by molar-refractivity contribution is 0.390. The molecule has 4 heteroatoms. The summed E-state index contributed by atoms with van der Waals surface area (Å²) in [6.45, 7) is 0.648. The summed E-state index contributed by atoms with van der Waals surface area (Å²) in [6, 6.07) is 58.7. The molecule has 9 aromatic rings. The number of nitrogens with two attached hydrogens (primary N) is 1. The Morgan fingerprint density at radius 3 is 2.06 bits per heavy atom. The number of rotatable bonds is 8. The van der Waals surface area contributed by atoms with Crippen molar-refractivity contribution < 1.29 is 0 Å². The summed E-state index contributed by atoms with van der Waals surface area (Å²) in [4.78, 5) is 0. The molecule has 0 aliphatic carbocycles. The lowest BCUT2D eigenvalue weighted by atomic mass is 9.91. The van der Waals surface area contributed by atoms with E-state index in [1.54, 1.807) is 0 Å². The van der Waals surface area contributed by atoms with Crippen LogP contribution in [0.2, 0.25) is 0 Å². The highest BCUT2D eigenvalue weighted by Gasteiger charge is 2.22. The summed E-state index contributed by atoms with van der Waals surface area (Å²) in [5, 5.41) is 17.8. The van der Waals surface area contributed by atoms with Gasteiger partial charge in [0.05, 0.1) is 12.3 Å². The predicted octanol–water partition coefficient (Wildman–Crippen LogP) is 11.2. The molecule has 2 unspecified atom stereocenters. The Morgan fingerprint density at radius 1 is 0.510 bits per heavy atom. The normalized spacial score (nSPS) is 13.1. The second kappa shape index (κ2) is 12.6. The van der Waals surface area contributed by atoms with Crippen molar-refractivity contribution in [2.45, 2.75) is 18.9 Å². The van der Waals surface area contributed by atoms with E-state index < -0.39 is 0 Å². The summed E-state index contributed by atoms with van der Waals surface area (Å²) in [7, 11) is 0. The quantitative estimate of drug-likeness (QED) is 0.0872. The second-order valence-electron chi connectivity index (χ2n) is 12.7. The molecule has 0 saturated heterocycles. The highest BCUT2D eigenvalue weighted by atomic mass is 32.1. The molecule has 0 radical (unpaired) electrons. The van der Waals surface area contributed by atoms with Crippen LogP contribution in [-0.4, -0.2) is 0 Å². The third-order valence-corrected chi connectivity index (χ3v) is 11.0. The summed E-state index contributed by atoms with van der Waals surface area (Å²) >= 11 is 1.87. The Balaban J connectivity index is 1.19. The van der Waals surface area contributed by atoms with Gasteiger partial charge in [-0.2, -0.15) is 0 Å². The van der Waals surface area contributed by atoms with Crippen LogP contribution in [0.1, 0.15) is 29.0 Å². The van der Waals surface area contributed by atoms with Gasteiger partial charge in [-0.25, -0.2) is 0 Å². The number of thiophene rings is 1. The molecule has 0 aliphatic heterocycles. The number of hydrogen-bond donors (Lipinski definition) is 3. The Hall–Kier alpha value is -5.36. The van der Waals surface area contributed by atoms with E-state index in [9.17, 15) is 0 Å². The molecule has 4 N–H and O–H groups in total. The molecule has 0 saturated carbocycles. The predicted molar refractivity (Wildman–Crippen MR) is 210 cm³/mol. The molecular formula is C45H35N3S. The van der Waals surface area contributed by atoms with Gasteiger partial charge < -0.3 is 5.73 Å². The van der Waals surface area contributed by atoms with Crippen molar-refractivity contribution in [2.75, 3.05) is 0 Å². The highest BCUT2D eigenvalue weighted by Crippen LogP contribution is 2.41. The number of nitrogens with one attached hydrogen (secondary N) is 2. The van der Waals surface area contributed by atoms with E-state index in [0.29, 0.717) is 6.54 Å². The van der Waals surface area contributed by atoms with Gasteiger partial charge in [0.15, 0.2) is 0 Å². The number of fused-ring (bicyclic) bond motifs is 7. The molecule has 1 heterocycles. The number of hydrogen-bond acceptors (Lipinski definition) is 4. The van der Waals surface area contributed by atoms with Gasteiger partial charge in [0, 0.05) is 26.7 Å². The minimum Gasteiger partial charge on any atom is -0.312 e. The van der Waals surface area contributed by atoms with E-state index >= 15 is 0 Å². The maximum atomic E-state index is 6.95. The van der Waals surface area contributed by atoms with Crippen LogP contribution in [0.25, 0.3) is 63.6 Å². The van der Waals surface area contributed by atoms with Crippen LogP contribution in [0.5, 0.6) is 0 Å². The van der Waals surface area contributed by atoms with Crippen molar-refractivity contribution in [3.05, 3.63) is 180 Å². The van der Waals surface area contributed by atoms with Gasteiger partial charge in [0.1, 0.15) is 0 Å². The van der Waals surface area contributed by atoms with Crippen molar-refractivity contribution in [3.63, 3.8) is 0 Å². The Bertz CT molecular complexity index is 2620. The van der Waals surface area contributed by atoms with E-state index in [1.807, 2.05) is 29.5 Å². The Kier molecular flexibility index (Phi) is 7.64. The smallest absolute Gasteiger partial charge is 0.0864 e. The lowest BCUT2D eigenvalue weighted by Gasteiger charge is -2.28. The van der Waals surface area contributed by atoms with E-state index in [2.05, 4.69) is 156 Å². The van der Waals surface area contributed by atoms with Gasteiger partial charge in [-0.1, -0.05) is 152 Å². The van der Waals surface area contributed by atoms with E-state index in [-0.39, 0.29) is 12.3 Å². The third-order valence-electron chi connectivity index (χ3n) is 9.81. The van der Waals surface area contributed by atoms with Gasteiger partial charge in [-0.15, -0.1) is 11.3 Å². The van der Waals surface area contributed by atoms with Gasteiger partial charge in [0.2, 0.25) is 0 Å². The summed E-state index contributed by atoms with van der Waals surface area (Å²) in [6.07, 6.45) is -0.631. The van der Waals surface area contributed by atoms with Crippen molar-refractivity contribution in [2.24, 2.45) is 5.73 Å². The molecule has 3 nitrogen and oxygen atoms in total. The third kappa shape index (κ3) is 5.36. The fourth-order valence-corrected chi connectivity index (χ4v) is 8.69. The molecule has 0 bridgehead atoms. The fraction of sp³-hybridized carbons (Fsp3) is 0.0667. The largest absolute Gasteiger partial charge is 0.312 e. The first-order valence-electron chi connectivity index (χ1n) is 16.8. The van der Waals surface area contributed by atoms with Crippen LogP contribution in [0, 0.1) is 0 Å². The first kappa shape index (κ1) is 29.8. The van der Waals surface area contributed by atoms with Crippen molar-refractivity contribution in [1.29, 1.82) is 0 Å². The zero-order valence-corrected chi connectivity index (χ0v) is 27.8. The van der Waals surface area contributed by atoms with Crippen molar-refractivity contribution >= 4 is 63.8 Å². The molecule has 8 aromatic carbocycles.